The predicted octanol–water partition coefficient (Wildman–Crippen LogP) is 1.09. The number of hydrogen-bond acceptors (Lipinski definition) is 5. The van der Waals surface area contributed by atoms with Crippen LogP contribution in [0.4, 0.5) is 0 Å². The third kappa shape index (κ3) is 3.51. The third-order valence-electron chi connectivity index (χ3n) is 4.21. The van der Waals surface area contributed by atoms with Crippen LogP contribution in [0.3, 0.4) is 0 Å². The lowest BCUT2D eigenvalue weighted by Gasteiger charge is -2.20. The number of carbonyl (C=O) groups is 1. The van der Waals surface area contributed by atoms with E-state index in [1.165, 1.54) is 0 Å². The Balaban J connectivity index is 1.80. The molecule has 7 heteroatoms. The van der Waals surface area contributed by atoms with Crippen LogP contribution >= 0.6 is 0 Å². The quantitative estimate of drug-likeness (QED) is 0.610. The molecule has 0 aromatic carbocycles. The molecule has 2 unspecified atom stereocenters. The molecule has 23 heavy (non-hydrogen) atoms. The standard InChI is InChI=1S/C16H22N4O3/c1-9(22)12(3-2-6-21)20-16(23)11-7-17-15-14(11)19-13(8-18-15)10-4-5-10/h7-10,12,21-22H,2-6H2,1H3,(H,17,18)(H,20,23). The van der Waals surface area contributed by atoms with Crippen molar-refractivity contribution in [3.63, 3.8) is 0 Å². The van der Waals surface area contributed by atoms with Gasteiger partial charge in [-0.05, 0) is 32.6 Å². The Morgan fingerprint density at radius 3 is 2.96 bits per heavy atom. The lowest BCUT2D eigenvalue weighted by molar-refractivity contribution is 0.0842. The fourth-order valence-corrected chi connectivity index (χ4v) is 2.65. The first-order valence-electron chi connectivity index (χ1n) is 8.04. The molecule has 4 N–H and O–H groups in total. The minimum Gasteiger partial charge on any atom is -0.396 e. The number of H-pyrrole nitrogens is 1. The van der Waals surface area contributed by atoms with E-state index in [0.29, 0.717) is 35.5 Å². The molecule has 1 amide bonds. The first kappa shape index (κ1) is 15.9. The van der Waals surface area contributed by atoms with Crippen molar-refractivity contribution in [2.45, 2.75) is 50.7 Å². The molecule has 1 fully saturated rings. The number of amides is 1. The van der Waals surface area contributed by atoms with E-state index in [1.807, 2.05) is 0 Å². The summed E-state index contributed by atoms with van der Waals surface area (Å²) in [6.45, 7) is 1.66. The van der Waals surface area contributed by atoms with Crippen molar-refractivity contribution in [2.24, 2.45) is 0 Å². The van der Waals surface area contributed by atoms with Crippen molar-refractivity contribution in [3.8, 4) is 0 Å². The number of rotatable bonds is 7. The van der Waals surface area contributed by atoms with Crippen molar-refractivity contribution in [1.29, 1.82) is 0 Å². The molecule has 1 aliphatic rings. The van der Waals surface area contributed by atoms with Gasteiger partial charge in [0.25, 0.3) is 5.91 Å². The van der Waals surface area contributed by atoms with Crippen molar-refractivity contribution >= 4 is 17.1 Å². The van der Waals surface area contributed by atoms with Gasteiger partial charge in [0.15, 0.2) is 5.65 Å². The minimum absolute atomic E-state index is 0.0302. The van der Waals surface area contributed by atoms with Gasteiger partial charge < -0.3 is 20.5 Å². The molecule has 0 radical (unpaired) electrons. The smallest absolute Gasteiger partial charge is 0.255 e. The Kier molecular flexibility index (Phi) is 4.58. The minimum atomic E-state index is -0.691. The average molecular weight is 318 g/mol. The molecule has 2 heterocycles. The Morgan fingerprint density at radius 2 is 2.30 bits per heavy atom. The van der Waals surface area contributed by atoms with Crippen molar-refractivity contribution in [3.05, 3.63) is 23.7 Å². The lowest BCUT2D eigenvalue weighted by Crippen LogP contribution is -2.42. The van der Waals surface area contributed by atoms with Gasteiger partial charge in [-0.3, -0.25) is 4.79 Å². The molecule has 124 valence electrons. The van der Waals surface area contributed by atoms with Crippen LogP contribution in [-0.4, -0.2) is 49.8 Å². The summed E-state index contributed by atoms with van der Waals surface area (Å²) < 4.78 is 0. The molecule has 1 saturated carbocycles. The van der Waals surface area contributed by atoms with Gasteiger partial charge in [0.05, 0.1) is 29.6 Å². The van der Waals surface area contributed by atoms with Crippen molar-refractivity contribution < 1.29 is 15.0 Å². The van der Waals surface area contributed by atoms with Gasteiger partial charge in [-0.15, -0.1) is 0 Å². The van der Waals surface area contributed by atoms with Crippen molar-refractivity contribution in [1.82, 2.24) is 20.3 Å². The highest BCUT2D eigenvalue weighted by atomic mass is 16.3. The van der Waals surface area contributed by atoms with Gasteiger partial charge in [-0.1, -0.05) is 0 Å². The van der Waals surface area contributed by atoms with E-state index in [4.69, 9.17) is 5.11 Å². The van der Waals surface area contributed by atoms with E-state index in [-0.39, 0.29) is 12.5 Å². The highest BCUT2D eigenvalue weighted by Gasteiger charge is 2.27. The highest BCUT2D eigenvalue weighted by Crippen LogP contribution is 2.39. The topological polar surface area (TPSA) is 111 Å². The van der Waals surface area contributed by atoms with E-state index >= 15 is 0 Å². The Bertz CT molecular complexity index is 694. The van der Waals surface area contributed by atoms with E-state index in [1.54, 1.807) is 19.3 Å². The molecule has 3 rings (SSSR count). The Hall–Kier alpha value is -1.99. The van der Waals surface area contributed by atoms with Gasteiger partial charge >= 0.3 is 0 Å². The molecule has 7 nitrogen and oxygen atoms in total. The van der Waals surface area contributed by atoms with E-state index in [2.05, 4.69) is 20.3 Å². The summed E-state index contributed by atoms with van der Waals surface area (Å²) in [5, 5.41) is 21.5. The molecule has 2 aromatic rings. The van der Waals surface area contributed by atoms with Gasteiger partial charge in [-0.2, -0.15) is 0 Å². The molecule has 0 spiro atoms. The number of carbonyl (C=O) groups excluding carboxylic acids is 1. The zero-order valence-corrected chi connectivity index (χ0v) is 13.1. The average Bonchev–Trinajstić information content (AvgIpc) is 3.30. The van der Waals surface area contributed by atoms with E-state index in [9.17, 15) is 9.90 Å². The first-order valence-corrected chi connectivity index (χ1v) is 8.04. The van der Waals surface area contributed by atoms with Gasteiger partial charge in [-0.25, -0.2) is 9.97 Å². The Morgan fingerprint density at radius 1 is 1.52 bits per heavy atom. The van der Waals surface area contributed by atoms with Crippen LogP contribution in [0.2, 0.25) is 0 Å². The summed E-state index contributed by atoms with van der Waals surface area (Å²) in [7, 11) is 0. The molecule has 0 bridgehead atoms. The summed E-state index contributed by atoms with van der Waals surface area (Å²) in [5.74, 6) is 0.176. The molecule has 0 saturated heterocycles. The number of aliphatic hydroxyl groups is 2. The summed E-state index contributed by atoms with van der Waals surface area (Å²) >= 11 is 0. The summed E-state index contributed by atoms with van der Waals surface area (Å²) in [5.41, 5.74) is 2.52. The molecular weight excluding hydrogens is 296 g/mol. The van der Waals surface area contributed by atoms with Crippen LogP contribution in [0.5, 0.6) is 0 Å². The lowest BCUT2D eigenvalue weighted by atomic mass is 10.1. The fourth-order valence-electron chi connectivity index (χ4n) is 2.65. The predicted molar refractivity (Wildman–Crippen MR) is 85.1 cm³/mol. The number of hydrogen-bond donors (Lipinski definition) is 4. The molecular formula is C16H22N4O3. The van der Waals surface area contributed by atoms with Crippen LogP contribution in [0.25, 0.3) is 11.2 Å². The van der Waals surface area contributed by atoms with Crippen LogP contribution in [0.1, 0.15) is 54.6 Å². The monoisotopic (exact) mass is 318 g/mol. The summed E-state index contributed by atoms with van der Waals surface area (Å²) in [6.07, 6.45) is 5.95. The van der Waals surface area contributed by atoms with E-state index < -0.39 is 12.1 Å². The van der Waals surface area contributed by atoms with Crippen LogP contribution in [-0.2, 0) is 0 Å². The number of aromatic nitrogens is 3. The third-order valence-corrected chi connectivity index (χ3v) is 4.21. The number of fused-ring (bicyclic) bond motifs is 1. The molecule has 1 aliphatic carbocycles. The first-order chi connectivity index (χ1) is 11.1. The SMILES string of the molecule is CC(O)C(CCCO)NC(=O)c1c[nH]c2ncc(C3CC3)nc12. The van der Waals surface area contributed by atoms with Crippen molar-refractivity contribution in [2.75, 3.05) is 6.61 Å². The van der Waals surface area contributed by atoms with Crippen LogP contribution < -0.4 is 5.32 Å². The maximum atomic E-state index is 12.5. The summed E-state index contributed by atoms with van der Waals surface area (Å²) in [4.78, 5) is 24.4. The number of aliphatic hydroxyl groups excluding tert-OH is 2. The highest BCUT2D eigenvalue weighted by molar-refractivity contribution is 6.04. The largest absolute Gasteiger partial charge is 0.396 e. The number of nitrogens with zero attached hydrogens (tertiary/aromatic N) is 2. The second-order valence-electron chi connectivity index (χ2n) is 6.16. The maximum Gasteiger partial charge on any atom is 0.255 e. The zero-order valence-electron chi connectivity index (χ0n) is 13.1. The second kappa shape index (κ2) is 6.64. The maximum absolute atomic E-state index is 12.5. The normalized spacial score (nSPS) is 17.2. The van der Waals surface area contributed by atoms with Gasteiger partial charge in [0.1, 0.15) is 5.52 Å². The molecule has 0 aliphatic heterocycles. The number of nitrogens with one attached hydrogen (secondary N) is 2. The zero-order chi connectivity index (χ0) is 16.4. The second-order valence-corrected chi connectivity index (χ2v) is 6.16. The van der Waals surface area contributed by atoms with Crippen LogP contribution in [0, 0.1) is 0 Å². The van der Waals surface area contributed by atoms with E-state index in [0.717, 1.165) is 18.5 Å². The molecule has 2 aromatic heterocycles. The van der Waals surface area contributed by atoms with Gasteiger partial charge in [0.2, 0.25) is 0 Å². The molecule has 2 atom stereocenters. The fraction of sp³-hybridized carbons (Fsp3) is 0.562. The van der Waals surface area contributed by atoms with Gasteiger partial charge in [0, 0.05) is 18.7 Å². The summed E-state index contributed by atoms with van der Waals surface area (Å²) in [6, 6.07) is -0.404. The Labute approximate surface area is 134 Å². The number of aromatic amines is 1. The van der Waals surface area contributed by atoms with Crippen LogP contribution in [0.15, 0.2) is 12.4 Å².